The summed E-state index contributed by atoms with van der Waals surface area (Å²) in [5, 5.41) is 11.9. The predicted molar refractivity (Wildman–Crippen MR) is 63.4 cm³/mol. The van der Waals surface area contributed by atoms with Crippen molar-refractivity contribution in [3.63, 3.8) is 0 Å². The standard InChI is InChI=1S/C12H16N4O/c1-17-11-4-2-10(3-5-11)16-12-14-7-9(6-13)8-15-12/h7-8,10-11H,2-5H2,1H3,(H,14,15,16)/t10-,11-. The van der Waals surface area contributed by atoms with Crippen LogP contribution in [0.15, 0.2) is 12.4 Å². The van der Waals surface area contributed by atoms with Gasteiger partial charge in [-0.25, -0.2) is 9.97 Å². The molecule has 1 saturated carbocycles. The fourth-order valence-corrected chi connectivity index (χ4v) is 2.09. The molecule has 0 radical (unpaired) electrons. The minimum Gasteiger partial charge on any atom is -0.381 e. The molecule has 5 nitrogen and oxygen atoms in total. The number of methoxy groups -OCH3 is 1. The van der Waals surface area contributed by atoms with Crippen LogP contribution in [0.3, 0.4) is 0 Å². The lowest BCUT2D eigenvalue weighted by molar-refractivity contribution is 0.0681. The van der Waals surface area contributed by atoms with Gasteiger partial charge >= 0.3 is 0 Å². The molecule has 1 fully saturated rings. The number of nitriles is 1. The number of hydrogen-bond acceptors (Lipinski definition) is 5. The van der Waals surface area contributed by atoms with E-state index in [9.17, 15) is 0 Å². The summed E-state index contributed by atoms with van der Waals surface area (Å²) < 4.78 is 5.32. The van der Waals surface area contributed by atoms with Crippen molar-refractivity contribution < 1.29 is 4.74 Å². The second-order valence-corrected chi connectivity index (χ2v) is 4.26. The van der Waals surface area contributed by atoms with E-state index in [1.54, 1.807) is 7.11 Å². The highest BCUT2D eigenvalue weighted by atomic mass is 16.5. The van der Waals surface area contributed by atoms with Gasteiger partial charge in [0.1, 0.15) is 6.07 Å². The molecule has 5 heteroatoms. The van der Waals surface area contributed by atoms with Gasteiger partial charge in [0.25, 0.3) is 0 Å². The minimum atomic E-state index is 0.398. The van der Waals surface area contributed by atoms with Gasteiger partial charge in [-0.15, -0.1) is 0 Å². The van der Waals surface area contributed by atoms with E-state index in [1.807, 2.05) is 6.07 Å². The molecule has 0 saturated heterocycles. The molecular weight excluding hydrogens is 216 g/mol. The third kappa shape index (κ3) is 3.14. The van der Waals surface area contributed by atoms with Gasteiger partial charge in [-0.05, 0) is 25.7 Å². The highest BCUT2D eigenvalue weighted by molar-refractivity contribution is 5.30. The first-order valence-corrected chi connectivity index (χ1v) is 5.83. The molecule has 1 aromatic heterocycles. The molecular formula is C12H16N4O. The lowest BCUT2D eigenvalue weighted by Gasteiger charge is -2.28. The average molecular weight is 232 g/mol. The zero-order chi connectivity index (χ0) is 12.1. The summed E-state index contributed by atoms with van der Waals surface area (Å²) in [7, 11) is 1.77. The van der Waals surface area contributed by atoms with Gasteiger partial charge in [0, 0.05) is 13.2 Å². The largest absolute Gasteiger partial charge is 0.381 e. The van der Waals surface area contributed by atoms with Crippen molar-refractivity contribution in [2.75, 3.05) is 12.4 Å². The van der Waals surface area contributed by atoms with Gasteiger partial charge in [0.15, 0.2) is 0 Å². The molecule has 90 valence electrons. The van der Waals surface area contributed by atoms with Crippen LogP contribution in [0.25, 0.3) is 0 Å². The minimum absolute atomic E-state index is 0.398. The molecule has 0 aromatic carbocycles. The van der Waals surface area contributed by atoms with Gasteiger partial charge < -0.3 is 10.1 Å². The number of aromatic nitrogens is 2. The van der Waals surface area contributed by atoms with E-state index in [-0.39, 0.29) is 0 Å². The maximum atomic E-state index is 8.64. The first-order chi connectivity index (χ1) is 8.31. The van der Waals surface area contributed by atoms with Crippen molar-refractivity contribution >= 4 is 5.95 Å². The molecule has 1 aromatic rings. The van der Waals surface area contributed by atoms with Crippen molar-refractivity contribution in [2.24, 2.45) is 0 Å². The molecule has 1 aliphatic rings. The van der Waals surface area contributed by atoms with Crippen LogP contribution in [-0.2, 0) is 4.74 Å². The summed E-state index contributed by atoms with van der Waals surface area (Å²) in [6.07, 6.45) is 7.76. The topological polar surface area (TPSA) is 70.8 Å². The summed E-state index contributed by atoms with van der Waals surface area (Å²) in [4.78, 5) is 8.21. The molecule has 2 rings (SSSR count). The summed E-state index contributed by atoms with van der Waals surface area (Å²) >= 11 is 0. The van der Waals surface area contributed by atoms with E-state index < -0.39 is 0 Å². The van der Waals surface area contributed by atoms with Crippen molar-refractivity contribution in [3.8, 4) is 6.07 Å². The quantitative estimate of drug-likeness (QED) is 0.859. The molecule has 0 aliphatic heterocycles. The van der Waals surface area contributed by atoms with Crippen LogP contribution < -0.4 is 5.32 Å². The number of anilines is 1. The van der Waals surface area contributed by atoms with E-state index in [1.165, 1.54) is 12.4 Å². The van der Waals surface area contributed by atoms with Crippen molar-refractivity contribution in [1.82, 2.24) is 9.97 Å². The Labute approximate surface area is 101 Å². The molecule has 0 bridgehead atoms. The molecule has 1 heterocycles. The monoisotopic (exact) mass is 232 g/mol. The Morgan fingerprint density at radius 1 is 1.29 bits per heavy atom. The predicted octanol–water partition coefficient (Wildman–Crippen LogP) is 1.72. The smallest absolute Gasteiger partial charge is 0.222 e. The fraction of sp³-hybridized carbons (Fsp3) is 0.583. The highest BCUT2D eigenvalue weighted by Gasteiger charge is 2.20. The van der Waals surface area contributed by atoms with Crippen LogP contribution in [0.1, 0.15) is 31.2 Å². The molecule has 1 aliphatic carbocycles. The average Bonchev–Trinajstić information content (AvgIpc) is 2.40. The van der Waals surface area contributed by atoms with E-state index in [0.717, 1.165) is 25.7 Å². The third-order valence-electron chi connectivity index (χ3n) is 3.12. The summed E-state index contributed by atoms with van der Waals surface area (Å²) in [5.74, 6) is 0.602. The van der Waals surface area contributed by atoms with Crippen molar-refractivity contribution in [2.45, 2.75) is 37.8 Å². The number of nitrogens with zero attached hydrogens (tertiary/aromatic N) is 3. The van der Waals surface area contributed by atoms with E-state index >= 15 is 0 Å². The third-order valence-corrected chi connectivity index (χ3v) is 3.12. The fourth-order valence-electron chi connectivity index (χ4n) is 2.09. The van der Waals surface area contributed by atoms with Crippen molar-refractivity contribution in [3.05, 3.63) is 18.0 Å². The van der Waals surface area contributed by atoms with Crippen LogP contribution in [0.5, 0.6) is 0 Å². The van der Waals surface area contributed by atoms with Gasteiger partial charge in [-0.2, -0.15) is 5.26 Å². The SMILES string of the molecule is CO[C@H]1CC[C@H](Nc2ncc(C#N)cn2)CC1. The van der Waals surface area contributed by atoms with Gasteiger partial charge in [-0.1, -0.05) is 0 Å². The van der Waals surface area contributed by atoms with Crippen LogP contribution in [0.4, 0.5) is 5.95 Å². The number of ether oxygens (including phenoxy) is 1. The molecule has 0 unspecified atom stereocenters. The summed E-state index contributed by atoms with van der Waals surface area (Å²) in [6.45, 7) is 0. The van der Waals surface area contributed by atoms with E-state index in [4.69, 9.17) is 10.00 Å². The molecule has 0 amide bonds. The Balaban J connectivity index is 1.87. The van der Waals surface area contributed by atoms with Crippen LogP contribution >= 0.6 is 0 Å². The Morgan fingerprint density at radius 3 is 2.47 bits per heavy atom. The molecule has 17 heavy (non-hydrogen) atoms. The number of nitrogens with one attached hydrogen (secondary N) is 1. The van der Waals surface area contributed by atoms with Gasteiger partial charge in [0.05, 0.1) is 24.1 Å². The summed E-state index contributed by atoms with van der Waals surface area (Å²) in [5.41, 5.74) is 0.485. The maximum Gasteiger partial charge on any atom is 0.222 e. The molecule has 1 N–H and O–H groups in total. The Kier molecular flexibility index (Phi) is 3.89. The second-order valence-electron chi connectivity index (χ2n) is 4.26. The normalized spacial score (nSPS) is 24.0. The zero-order valence-electron chi connectivity index (χ0n) is 9.89. The van der Waals surface area contributed by atoms with Crippen LogP contribution in [-0.4, -0.2) is 29.2 Å². The van der Waals surface area contributed by atoms with Gasteiger partial charge in [0.2, 0.25) is 5.95 Å². The zero-order valence-corrected chi connectivity index (χ0v) is 9.89. The molecule has 0 atom stereocenters. The Morgan fingerprint density at radius 2 is 1.94 bits per heavy atom. The lowest BCUT2D eigenvalue weighted by atomic mass is 9.93. The van der Waals surface area contributed by atoms with Gasteiger partial charge in [-0.3, -0.25) is 0 Å². The van der Waals surface area contributed by atoms with E-state index in [0.29, 0.717) is 23.7 Å². The summed E-state index contributed by atoms with van der Waals surface area (Å²) in [6, 6.07) is 2.41. The Hall–Kier alpha value is -1.67. The number of hydrogen-bond donors (Lipinski definition) is 1. The molecule has 0 spiro atoms. The first-order valence-electron chi connectivity index (χ1n) is 5.83. The van der Waals surface area contributed by atoms with Crippen LogP contribution in [0, 0.1) is 11.3 Å². The number of rotatable bonds is 3. The first kappa shape index (κ1) is 11.8. The van der Waals surface area contributed by atoms with Crippen LogP contribution in [0.2, 0.25) is 0 Å². The maximum absolute atomic E-state index is 8.64. The lowest BCUT2D eigenvalue weighted by Crippen LogP contribution is -2.29. The Bertz CT molecular complexity index is 390. The van der Waals surface area contributed by atoms with Crippen molar-refractivity contribution in [1.29, 1.82) is 5.26 Å². The van der Waals surface area contributed by atoms with E-state index in [2.05, 4.69) is 15.3 Å². The highest BCUT2D eigenvalue weighted by Crippen LogP contribution is 2.22. The second kappa shape index (κ2) is 5.60.